The number of amides is 1. The highest BCUT2D eigenvalue weighted by Crippen LogP contribution is 2.26. The Balaban J connectivity index is 2.02. The Morgan fingerprint density at radius 2 is 2.29 bits per heavy atom. The molecule has 1 heterocycles. The maximum atomic E-state index is 12.2. The summed E-state index contributed by atoms with van der Waals surface area (Å²) in [4.78, 5) is 12.2. The largest absolute Gasteiger partial charge is 0.492 e. The zero-order valence-electron chi connectivity index (χ0n) is 11.8. The molecule has 0 aliphatic heterocycles. The quantitative estimate of drug-likeness (QED) is 0.620. The molecule has 0 saturated carbocycles. The van der Waals surface area contributed by atoms with E-state index in [9.17, 15) is 4.79 Å². The zero-order valence-corrected chi connectivity index (χ0v) is 12.6. The van der Waals surface area contributed by atoms with Gasteiger partial charge < -0.3 is 15.9 Å². The van der Waals surface area contributed by atoms with Gasteiger partial charge in [0, 0.05) is 0 Å². The summed E-state index contributed by atoms with van der Waals surface area (Å²) in [5.41, 5.74) is 0.644. The van der Waals surface area contributed by atoms with Gasteiger partial charge in [-0.1, -0.05) is 23.9 Å². The summed E-state index contributed by atoms with van der Waals surface area (Å²) in [6.45, 7) is 4.20. The molecule has 21 heavy (non-hydrogen) atoms. The fourth-order valence-electron chi connectivity index (χ4n) is 1.61. The van der Waals surface area contributed by atoms with Crippen LogP contribution in [0.1, 0.15) is 13.8 Å². The van der Waals surface area contributed by atoms with Crippen LogP contribution in [0.3, 0.4) is 0 Å². The van der Waals surface area contributed by atoms with E-state index in [0.717, 1.165) is 0 Å². The number of aromatic nitrogens is 3. The standard InChI is InChI=1S/C13H17N5O2S/c1-3-20-11-7-5-4-6-10(11)16-12(19)9(2)21-13-17-15-8-18(13)14/h4-9H,3,14H2,1-2H3,(H,16,19)/t9-/m0/s1. The molecular formula is C13H17N5O2S. The van der Waals surface area contributed by atoms with Gasteiger partial charge >= 0.3 is 0 Å². The average molecular weight is 307 g/mol. The predicted octanol–water partition coefficient (Wildman–Crippen LogP) is 1.51. The predicted molar refractivity (Wildman–Crippen MR) is 81.7 cm³/mol. The fourth-order valence-corrected chi connectivity index (χ4v) is 2.36. The van der Waals surface area contributed by atoms with E-state index in [1.807, 2.05) is 25.1 Å². The number of ether oxygens (including phenoxy) is 1. The van der Waals surface area contributed by atoms with E-state index in [-0.39, 0.29) is 11.2 Å². The van der Waals surface area contributed by atoms with Gasteiger partial charge in [-0.2, -0.15) is 0 Å². The Morgan fingerprint density at radius 1 is 1.52 bits per heavy atom. The van der Waals surface area contributed by atoms with Gasteiger partial charge in [0.25, 0.3) is 0 Å². The smallest absolute Gasteiger partial charge is 0.237 e. The van der Waals surface area contributed by atoms with Crippen LogP contribution in [0.4, 0.5) is 5.69 Å². The first-order valence-corrected chi connectivity index (χ1v) is 7.34. The Hall–Kier alpha value is -2.22. The number of nitrogens with zero attached hydrogens (tertiary/aromatic N) is 3. The molecule has 0 radical (unpaired) electrons. The first kappa shape index (κ1) is 15.2. The minimum atomic E-state index is -0.369. The van der Waals surface area contributed by atoms with Gasteiger partial charge in [-0.25, -0.2) is 4.68 Å². The molecule has 7 nitrogen and oxygen atoms in total. The minimum absolute atomic E-state index is 0.157. The Labute approximate surface area is 126 Å². The molecular weight excluding hydrogens is 290 g/mol. The van der Waals surface area contributed by atoms with Gasteiger partial charge in [0.15, 0.2) is 0 Å². The van der Waals surface area contributed by atoms with Crippen molar-refractivity contribution in [2.24, 2.45) is 0 Å². The number of hydrogen-bond donors (Lipinski definition) is 2. The maximum absolute atomic E-state index is 12.2. The number of para-hydroxylation sites is 2. The van der Waals surface area contributed by atoms with E-state index in [2.05, 4.69) is 15.5 Å². The second kappa shape index (κ2) is 6.98. The van der Waals surface area contributed by atoms with Gasteiger partial charge in [0.05, 0.1) is 17.5 Å². The summed E-state index contributed by atoms with van der Waals surface area (Å²) in [6, 6.07) is 7.31. The average Bonchev–Trinajstić information content (AvgIpc) is 2.86. The second-order valence-electron chi connectivity index (χ2n) is 4.20. The lowest BCUT2D eigenvalue weighted by Crippen LogP contribution is -2.23. The van der Waals surface area contributed by atoms with E-state index in [4.69, 9.17) is 10.6 Å². The van der Waals surface area contributed by atoms with Gasteiger partial charge in [0.1, 0.15) is 12.1 Å². The van der Waals surface area contributed by atoms with Crippen molar-refractivity contribution >= 4 is 23.4 Å². The number of nitrogen functional groups attached to an aromatic ring is 1. The van der Waals surface area contributed by atoms with Gasteiger partial charge in [-0.3, -0.25) is 4.79 Å². The van der Waals surface area contributed by atoms with Crippen molar-refractivity contribution in [2.45, 2.75) is 24.3 Å². The summed E-state index contributed by atoms with van der Waals surface area (Å²) in [6.07, 6.45) is 1.39. The molecule has 0 bridgehead atoms. The summed E-state index contributed by atoms with van der Waals surface area (Å²) in [5, 5.41) is 10.5. The van der Waals surface area contributed by atoms with E-state index in [1.165, 1.54) is 22.8 Å². The van der Waals surface area contributed by atoms with Crippen molar-refractivity contribution in [1.29, 1.82) is 0 Å². The van der Waals surface area contributed by atoms with Gasteiger partial charge in [-0.15, -0.1) is 10.2 Å². The van der Waals surface area contributed by atoms with Crippen molar-refractivity contribution in [1.82, 2.24) is 14.9 Å². The number of carbonyl (C=O) groups excluding carboxylic acids is 1. The maximum Gasteiger partial charge on any atom is 0.237 e. The number of anilines is 1. The molecule has 112 valence electrons. The van der Waals surface area contributed by atoms with Crippen molar-refractivity contribution in [3.05, 3.63) is 30.6 Å². The molecule has 0 saturated heterocycles. The zero-order chi connectivity index (χ0) is 15.2. The molecule has 2 aromatic rings. The van der Waals surface area contributed by atoms with Gasteiger partial charge in [0.2, 0.25) is 11.1 Å². The summed E-state index contributed by atoms with van der Waals surface area (Å²) in [7, 11) is 0. The van der Waals surface area contributed by atoms with Crippen LogP contribution in [0.5, 0.6) is 5.75 Å². The molecule has 0 spiro atoms. The molecule has 1 aromatic carbocycles. The molecule has 0 fully saturated rings. The number of rotatable bonds is 6. The lowest BCUT2D eigenvalue weighted by molar-refractivity contribution is -0.115. The van der Waals surface area contributed by atoms with Gasteiger partial charge in [-0.05, 0) is 26.0 Å². The molecule has 1 amide bonds. The molecule has 3 N–H and O–H groups in total. The number of thioether (sulfide) groups is 1. The van der Waals surface area contributed by atoms with Crippen molar-refractivity contribution in [3.8, 4) is 5.75 Å². The number of benzene rings is 1. The van der Waals surface area contributed by atoms with Crippen LogP contribution in [0, 0.1) is 0 Å². The lowest BCUT2D eigenvalue weighted by Gasteiger charge is -2.14. The lowest BCUT2D eigenvalue weighted by atomic mass is 10.3. The molecule has 0 aliphatic carbocycles. The molecule has 1 atom stereocenters. The second-order valence-corrected chi connectivity index (χ2v) is 5.51. The first-order valence-electron chi connectivity index (χ1n) is 6.46. The van der Waals surface area contributed by atoms with Crippen LogP contribution < -0.4 is 15.9 Å². The Morgan fingerprint density at radius 3 is 2.95 bits per heavy atom. The third kappa shape index (κ3) is 3.88. The van der Waals surface area contributed by atoms with Crippen molar-refractivity contribution in [3.63, 3.8) is 0 Å². The van der Waals surface area contributed by atoms with Crippen LogP contribution in [-0.4, -0.2) is 32.6 Å². The first-order chi connectivity index (χ1) is 10.1. The van der Waals surface area contributed by atoms with Crippen LogP contribution in [0.2, 0.25) is 0 Å². The number of nitrogens with two attached hydrogens (primary N) is 1. The van der Waals surface area contributed by atoms with Crippen LogP contribution in [-0.2, 0) is 4.79 Å². The van der Waals surface area contributed by atoms with Crippen molar-refractivity contribution in [2.75, 3.05) is 17.8 Å². The monoisotopic (exact) mass is 307 g/mol. The summed E-state index contributed by atoms with van der Waals surface area (Å²) in [5.74, 6) is 6.11. The molecule has 8 heteroatoms. The van der Waals surface area contributed by atoms with E-state index >= 15 is 0 Å². The third-order valence-electron chi connectivity index (χ3n) is 2.64. The van der Waals surface area contributed by atoms with Crippen LogP contribution in [0.25, 0.3) is 0 Å². The molecule has 1 aromatic heterocycles. The van der Waals surface area contributed by atoms with Crippen LogP contribution >= 0.6 is 11.8 Å². The Bertz CT molecular complexity index is 616. The molecule has 2 rings (SSSR count). The van der Waals surface area contributed by atoms with Crippen LogP contribution in [0.15, 0.2) is 35.7 Å². The number of carbonyl (C=O) groups is 1. The van der Waals surface area contributed by atoms with Crippen molar-refractivity contribution < 1.29 is 9.53 Å². The molecule has 0 aliphatic rings. The van der Waals surface area contributed by atoms with E-state index in [0.29, 0.717) is 23.2 Å². The fraction of sp³-hybridized carbons (Fsp3) is 0.308. The summed E-state index contributed by atoms with van der Waals surface area (Å²) >= 11 is 1.23. The highest BCUT2D eigenvalue weighted by Gasteiger charge is 2.18. The highest BCUT2D eigenvalue weighted by atomic mass is 32.2. The Kier molecular flexibility index (Phi) is 5.04. The highest BCUT2D eigenvalue weighted by molar-refractivity contribution is 8.00. The SMILES string of the molecule is CCOc1ccccc1NC(=O)[C@H](C)Sc1nncn1N. The third-order valence-corrected chi connectivity index (χ3v) is 3.71. The minimum Gasteiger partial charge on any atom is -0.492 e. The topological polar surface area (TPSA) is 95.1 Å². The van der Waals surface area contributed by atoms with E-state index < -0.39 is 0 Å². The normalized spacial score (nSPS) is 11.9. The summed E-state index contributed by atoms with van der Waals surface area (Å²) < 4.78 is 6.75. The molecule has 0 unspecified atom stereocenters. The number of nitrogens with one attached hydrogen (secondary N) is 1. The van der Waals surface area contributed by atoms with E-state index in [1.54, 1.807) is 13.0 Å². The number of hydrogen-bond acceptors (Lipinski definition) is 6.